The highest BCUT2D eigenvalue weighted by Crippen LogP contribution is 2.22. The number of rotatable bonds is 3. The van der Waals surface area contributed by atoms with Crippen molar-refractivity contribution in [3.05, 3.63) is 18.0 Å². The Kier molecular flexibility index (Phi) is 4.26. The molecule has 0 radical (unpaired) electrons. The molecular weight excluding hydrogens is 266 g/mol. The van der Waals surface area contributed by atoms with Crippen LogP contribution in [-0.2, 0) is 11.8 Å². The molecule has 0 spiro atoms. The van der Waals surface area contributed by atoms with Gasteiger partial charge in [-0.25, -0.2) is 0 Å². The normalized spacial score (nSPS) is 25.2. The molecule has 1 aromatic rings. The summed E-state index contributed by atoms with van der Waals surface area (Å²) in [5.74, 6) is 0.0301. The maximum absolute atomic E-state index is 12.5. The van der Waals surface area contributed by atoms with Crippen molar-refractivity contribution in [2.45, 2.75) is 37.8 Å². The van der Waals surface area contributed by atoms with E-state index in [1.54, 1.807) is 10.9 Å². The molecule has 0 saturated carbocycles. The van der Waals surface area contributed by atoms with E-state index in [2.05, 4.69) is 10.00 Å². The Morgan fingerprint density at radius 3 is 2.76 bits per heavy atom. The molecule has 6 heteroatoms. The summed E-state index contributed by atoms with van der Waals surface area (Å²) in [6.45, 7) is 4.02. The monoisotopic (exact) mass is 291 g/mol. The van der Waals surface area contributed by atoms with E-state index in [0.29, 0.717) is 6.04 Å². The molecule has 2 aliphatic heterocycles. The van der Waals surface area contributed by atoms with E-state index in [1.165, 1.54) is 32.4 Å². The highest BCUT2D eigenvalue weighted by atomic mass is 16.2. The third-order valence-corrected chi connectivity index (χ3v) is 4.73. The summed E-state index contributed by atoms with van der Waals surface area (Å²) in [7, 11) is 1.84. The first-order chi connectivity index (χ1) is 10.1. The van der Waals surface area contributed by atoms with Gasteiger partial charge in [-0.15, -0.1) is 0 Å². The number of amides is 1. The van der Waals surface area contributed by atoms with Crippen LogP contribution in [0, 0.1) is 0 Å². The number of nitrogens with zero attached hydrogens (tertiary/aromatic N) is 4. The first-order valence-corrected chi connectivity index (χ1v) is 7.92. The van der Waals surface area contributed by atoms with Crippen LogP contribution in [0.5, 0.6) is 0 Å². The van der Waals surface area contributed by atoms with Gasteiger partial charge in [-0.2, -0.15) is 5.10 Å². The van der Waals surface area contributed by atoms with E-state index in [9.17, 15) is 4.79 Å². The van der Waals surface area contributed by atoms with E-state index in [0.717, 1.165) is 25.1 Å². The summed E-state index contributed by atoms with van der Waals surface area (Å²) < 4.78 is 1.68. The second kappa shape index (κ2) is 6.15. The smallest absolute Gasteiger partial charge is 0.244 e. The number of likely N-dealkylation sites (tertiary alicyclic amines) is 2. The summed E-state index contributed by atoms with van der Waals surface area (Å²) >= 11 is 0. The lowest BCUT2D eigenvalue weighted by Gasteiger charge is -2.32. The molecule has 2 unspecified atom stereocenters. The molecule has 6 nitrogen and oxygen atoms in total. The number of hydrogen-bond acceptors (Lipinski definition) is 4. The van der Waals surface area contributed by atoms with Crippen molar-refractivity contribution in [1.82, 2.24) is 19.6 Å². The van der Waals surface area contributed by atoms with E-state index >= 15 is 0 Å². The summed E-state index contributed by atoms with van der Waals surface area (Å²) in [5.41, 5.74) is 6.89. The van der Waals surface area contributed by atoms with Crippen molar-refractivity contribution in [3.8, 4) is 0 Å². The van der Waals surface area contributed by atoms with Gasteiger partial charge in [0.2, 0.25) is 5.91 Å². The Labute approximate surface area is 125 Å². The minimum absolute atomic E-state index is 0.0301. The summed E-state index contributed by atoms with van der Waals surface area (Å²) in [4.78, 5) is 17.0. The van der Waals surface area contributed by atoms with E-state index in [1.807, 2.05) is 18.1 Å². The number of piperidine rings is 1. The number of carbonyl (C=O) groups is 1. The van der Waals surface area contributed by atoms with Crippen LogP contribution in [0.4, 0.5) is 0 Å². The lowest BCUT2D eigenvalue weighted by atomic mass is 10.1. The van der Waals surface area contributed by atoms with Crippen molar-refractivity contribution < 1.29 is 4.79 Å². The number of hydrogen-bond donors (Lipinski definition) is 1. The van der Waals surface area contributed by atoms with Crippen molar-refractivity contribution in [3.63, 3.8) is 0 Å². The molecule has 21 heavy (non-hydrogen) atoms. The second-order valence-corrected chi connectivity index (χ2v) is 6.25. The van der Waals surface area contributed by atoms with Gasteiger partial charge in [0.25, 0.3) is 0 Å². The molecule has 0 aromatic carbocycles. The molecule has 2 N–H and O–H groups in total. The lowest BCUT2D eigenvalue weighted by Crippen LogP contribution is -2.43. The Morgan fingerprint density at radius 2 is 2.10 bits per heavy atom. The first-order valence-electron chi connectivity index (χ1n) is 7.92. The fraction of sp³-hybridized carbons (Fsp3) is 0.733. The van der Waals surface area contributed by atoms with Crippen LogP contribution in [0.2, 0.25) is 0 Å². The average Bonchev–Trinajstić information content (AvgIpc) is 3.16. The molecule has 0 aliphatic carbocycles. The second-order valence-electron chi connectivity index (χ2n) is 6.25. The van der Waals surface area contributed by atoms with Crippen LogP contribution in [-0.4, -0.2) is 57.7 Å². The van der Waals surface area contributed by atoms with Gasteiger partial charge in [-0.3, -0.25) is 14.4 Å². The standard InChI is InChI=1S/C15H25N5O/c1-18-10-12(9-17-18)14(16)15(21)20-8-5-13(11-20)19-6-3-2-4-7-19/h9-10,13-14H,2-8,11,16H2,1H3. The quantitative estimate of drug-likeness (QED) is 0.881. The number of aryl methyl sites for hydroxylation is 1. The van der Waals surface area contributed by atoms with Crippen LogP contribution in [0.1, 0.15) is 37.3 Å². The molecule has 0 bridgehead atoms. The van der Waals surface area contributed by atoms with Crippen molar-refractivity contribution >= 4 is 5.91 Å². The minimum atomic E-state index is -0.584. The Bertz CT molecular complexity index is 494. The van der Waals surface area contributed by atoms with E-state index in [-0.39, 0.29) is 5.91 Å². The Hall–Kier alpha value is -1.40. The lowest BCUT2D eigenvalue weighted by molar-refractivity contribution is -0.131. The number of aromatic nitrogens is 2. The minimum Gasteiger partial charge on any atom is -0.339 e. The molecule has 2 aliphatic rings. The van der Waals surface area contributed by atoms with Gasteiger partial charge in [0.05, 0.1) is 6.20 Å². The predicted octanol–water partition coefficient (Wildman–Crippen LogP) is 0.507. The molecule has 1 amide bonds. The van der Waals surface area contributed by atoms with Crippen LogP contribution in [0.15, 0.2) is 12.4 Å². The largest absolute Gasteiger partial charge is 0.339 e. The topological polar surface area (TPSA) is 67.4 Å². The van der Waals surface area contributed by atoms with E-state index < -0.39 is 6.04 Å². The molecule has 2 atom stereocenters. The maximum atomic E-state index is 12.5. The van der Waals surface area contributed by atoms with Crippen LogP contribution in [0.25, 0.3) is 0 Å². The molecule has 3 rings (SSSR count). The van der Waals surface area contributed by atoms with Gasteiger partial charge in [0.15, 0.2) is 0 Å². The third-order valence-electron chi connectivity index (χ3n) is 4.73. The Balaban J connectivity index is 1.58. The molecule has 3 heterocycles. The summed E-state index contributed by atoms with van der Waals surface area (Å²) in [6, 6.07) is -0.0610. The fourth-order valence-corrected chi connectivity index (χ4v) is 3.46. The Morgan fingerprint density at radius 1 is 1.33 bits per heavy atom. The number of nitrogens with two attached hydrogens (primary N) is 1. The molecule has 1 aromatic heterocycles. The predicted molar refractivity (Wildman–Crippen MR) is 80.5 cm³/mol. The van der Waals surface area contributed by atoms with Gasteiger partial charge < -0.3 is 10.6 Å². The fourth-order valence-electron chi connectivity index (χ4n) is 3.46. The summed E-state index contributed by atoms with van der Waals surface area (Å²) in [5, 5.41) is 4.09. The zero-order chi connectivity index (χ0) is 14.8. The molecular formula is C15H25N5O. The third kappa shape index (κ3) is 3.11. The molecule has 116 valence electrons. The van der Waals surface area contributed by atoms with E-state index in [4.69, 9.17) is 5.73 Å². The van der Waals surface area contributed by atoms with Crippen molar-refractivity contribution in [2.75, 3.05) is 26.2 Å². The molecule has 2 fully saturated rings. The zero-order valence-electron chi connectivity index (χ0n) is 12.7. The van der Waals surface area contributed by atoms with Crippen LogP contribution in [0.3, 0.4) is 0 Å². The van der Waals surface area contributed by atoms with Gasteiger partial charge >= 0.3 is 0 Å². The summed E-state index contributed by atoms with van der Waals surface area (Å²) in [6.07, 6.45) is 8.50. The highest BCUT2D eigenvalue weighted by Gasteiger charge is 2.33. The van der Waals surface area contributed by atoms with Gasteiger partial charge in [-0.05, 0) is 32.4 Å². The van der Waals surface area contributed by atoms with Crippen LogP contribution < -0.4 is 5.73 Å². The first kappa shape index (κ1) is 14.5. The van der Waals surface area contributed by atoms with Crippen molar-refractivity contribution in [2.24, 2.45) is 12.8 Å². The van der Waals surface area contributed by atoms with Gasteiger partial charge in [-0.1, -0.05) is 6.42 Å². The average molecular weight is 291 g/mol. The van der Waals surface area contributed by atoms with Crippen molar-refractivity contribution in [1.29, 1.82) is 0 Å². The van der Waals surface area contributed by atoms with Gasteiger partial charge in [0.1, 0.15) is 6.04 Å². The SMILES string of the molecule is Cn1cc(C(N)C(=O)N2CCC(N3CCCCC3)C2)cn1. The maximum Gasteiger partial charge on any atom is 0.244 e. The molecule has 2 saturated heterocycles. The van der Waals surface area contributed by atoms with Gasteiger partial charge in [0, 0.05) is 37.9 Å². The highest BCUT2D eigenvalue weighted by molar-refractivity contribution is 5.83. The number of carbonyl (C=O) groups excluding carboxylic acids is 1. The van der Waals surface area contributed by atoms with Crippen LogP contribution >= 0.6 is 0 Å². The zero-order valence-corrected chi connectivity index (χ0v) is 12.7.